The van der Waals surface area contributed by atoms with Crippen LogP contribution in [-0.4, -0.2) is 23.1 Å². The molecule has 1 aliphatic carbocycles. The highest BCUT2D eigenvalue weighted by molar-refractivity contribution is 6.04. The SMILES string of the molecule is Cc1ccc(C(=O)Nc2ccc([C@@H]3C[C@H]3NC(=O)O)cc2)cc1. The predicted molar refractivity (Wildman–Crippen MR) is 87.9 cm³/mol. The molecule has 5 heteroatoms. The van der Waals surface area contributed by atoms with Gasteiger partial charge in [0.2, 0.25) is 0 Å². The number of rotatable bonds is 4. The molecule has 2 aromatic rings. The van der Waals surface area contributed by atoms with Crippen LogP contribution in [0.2, 0.25) is 0 Å². The van der Waals surface area contributed by atoms with Crippen molar-refractivity contribution in [3.05, 3.63) is 65.2 Å². The number of hydrogen-bond acceptors (Lipinski definition) is 2. The minimum Gasteiger partial charge on any atom is -0.465 e. The highest BCUT2D eigenvalue weighted by Gasteiger charge is 2.39. The predicted octanol–water partition coefficient (Wildman–Crippen LogP) is 3.37. The molecule has 5 nitrogen and oxygen atoms in total. The Hall–Kier alpha value is -2.82. The van der Waals surface area contributed by atoms with E-state index in [0.717, 1.165) is 23.2 Å². The first-order chi connectivity index (χ1) is 11.0. The van der Waals surface area contributed by atoms with E-state index >= 15 is 0 Å². The second kappa shape index (κ2) is 6.12. The van der Waals surface area contributed by atoms with Gasteiger partial charge >= 0.3 is 6.09 Å². The molecule has 23 heavy (non-hydrogen) atoms. The first-order valence-electron chi connectivity index (χ1n) is 7.50. The molecule has 1 fully saturated rings. The highest BCUT2D eigenvalue weighted by atomic mass is 16.4. The summed E-state index contributed by atoms with van der Waals surface area (Å²) in [6.07, 6.45) is -0.166. The maximum atomic E-state index is 12.1. The number of carbonyl (C=O) groups is 2. The Labute approximate surface area is 134 Å². The molecule has 3 rings (SSSR count). The molecule has 2 atom stereocenters. The standard InChI is InChI=1S/C18H18N2O3/c1-11-2-4-13(5-3-11)17(21)19-14-8-6-12(7-9-14)15-10-16(15)20-18(22)23/h2-9,15-16,20H,10H2,1H3,(H,19,21)(H,22,23)/t15-,16+/m0/s1. The van der Waals surface area contributed by atoms with Crippen molar-refractivity contribution in [3.63, 3.8) is 0 Å². The molecule has 0 bridgehead atoms. The number of amides is 2. The van der Waals surface area contributed by atoms with Gasteiger partial charge in [0.15, 0.2) is 0 Å². The normalized spacial score (nSPS) is 19.0. The summed E-state index contributed by atoms with van der Waals surface area (Å²) >= 11 is 0. The minimum atomic E-state index is -0.987. The Balaban J connectivity index is 1.61. The Bertz CT molecular complexity index is 723. The van der Waals surface area contributed by atoms with Gasteiger partial charge in [-0.05, 0) is 43.2 Å². The molecule has 0 spiro atoms. The summed E-state index contributed by atoms with van der Waals surface area (Å²) in [5.41, 5.74) is 3.53. The fourth-order valence-corrected chi connectivity index (χ4v) is 2.60. The molecule has 118 valence electrons. The summed E-state index contributed by atoms with van der Waals surface area (Å²) in [6, 6.07) is 15.0. The lowest BCUT2D eigenvalue weighted by molar-refractivity contribution is 0.102. The number of carboxylic acid groups (broad SMARTS) is 1. The van der Waals surface area contributed by atoms with Crippen LogP contribution in [0.5, 0.6) is 0 Å². The maximum Gasteiger partial charge on any atom is 0.404 e. The zero-order valence-electron chi connectivity index (χ0n) is 12.7. The van der Waals surface area contributed by atoms with Crippen LogP contribution < -0.4 is 10.6 Å². The lowest BCUT2D eigenvalue weighted by Gasteiger charge is -2.07. The van der Waals surface area contributed by atoms with Gasteiger partial charge in [-0.25, -0.2) is 4.79 Å². The van der Waals surface area contributed by atoms with Crippen LogP contribution in [-0.2, 0) is 0 Å². The van der Waals surface area contributed by atoms with Crippen molar-refractivity contribution in [2.24, 2.45) is 0 Å². The summed E-state index contributed by atoms with van der Waals surface area (Å²) in [5, 5.41) is 14.0. The molecule has 2 aromatic carbocycles. The van der Waals surface area contributed by atoms with E-state index in [9.17, 15) is 9.59 Å². The van der Waals surface area contributed by atoms with Crippen LogP contribution in [0.4, 0.5) is 10.5 Å². The molecule has 0 heterocycles. The smallest absolute Gasteiger partial charge is 0.404 e. The van der Waals surface area contributed by atoms with Crippen molar-refractivity contribution >= 4 is 17.7 Å². The largest absolute Gasteiger partial charge is 0.465 e. The molecular weight excluding hydrogens is 292 g/mol. The van der Waals surface area contributed by atoms with E-state index in [4.69, 9.17) is 5.11 Å². The number of benzene rings is 2. The lowest BCUT2D eigenvalue weighted by Crippen LogP contribution is -2.24. The van der Waals surface area contributed by atoms with Crippen LogP contribution in [0.1, 0.15) is 33.8 Å². The highest BCUT2D eigenvalue weighted by Crippen LogP contribution is 2.40. The Morgan fingerprint density at radius 1 is 1.04 bits per heavy atom. The fraction of sp³-hybridized carbons (Fsp3) is 0.222. The van der Waals surface area contributed by atoms with Crippen molar-refractivity contribution in [2.45, 2.75) is 25.3 Å². The summed E-state index contributed by atoms with van der Waals surface area (Å²) in [5.74, 6) is 0.0857. The number of carbonyl (C=O) groups excluding carboxylic acids is 1. The summed E-state index contributed by atoms with van der Waals surface area (Å²) in [6.45, 7) is 1.98. The van der Waals surface area contributed by atoms with Gasteiger partial charge in [0.05, 0.1) is 0 Å². The zero-order valence-corrected chi connectivity index (χ0v) is 12.7. The molecular formula is C18H18N2O3. The second-order valence-corrected chi connectivity index (χ2v) is 5.84. The minimum absolute atomic E-state index is 0.000463. The van der Waals surface area contributed by atoms with Gasteiger partial charge in [0.1, 0.15) is 0 Å². The van der Waals surface area contributed by atoms with Crippen LogP contribution in [0.15, 0.2) is 48.5 Å². The van der Waals surface area contributed by atoms with Gasteiger partial charge < -0.3 is 15.7 Å². The van der Waals surface area contributed by atoms with E-state index in [1.807, 2.05) is 43.3 Å². The van der Waals surface area contributed by atoms with Crippen molar-refractivity contribution in [2.75, 3.05) is 5.32 Å². The Kier molecular flexibility index (Phi) is 4.02. The average Bonchev–Trinajstić information content (AvgIpc) is 3.27. The number of anilines is 1. The molecule has 0 saturated heterocycles. The Morgan fingerprint density at radius 2 is 1.70 bits per heavy atom. The third kappa shape index (κ3) is 3.69. The van der Waals surface area contributed by atoms with Crippen LogP contribution >= 0.6 is 0 Å². The molecule has 3 N–H and O–H groups in total. The summed E-state index contributed by atoms with van der Waals surface area (Å²) in [7, 11) is 0. The third-order valence-corrected chi connectivity index (χ3v) is 4.01. The van der Waals surface area contributed by atoms with Crippen molar-refractivity contribution in [3.8, 4) is 0 Å². The van der Waals surface area contributed by atoms with Gasteiger partial charge in [-0.1, -0.05) is 29.8 Å². The first-order valence-corrected chi connectivity index (χ1v) is 7.50. The molecule has 0 aromatic heterocycles. The fourth-order valence-electron chi connectivity index (χ4n) is 2.60. The van der Waals surface area contributed by atoms with E-state index < -0.39 is 6.09 Å². The molecule has 0 aliphatic heterocycles. The van der Waals surface area contributed by atoms with E-state index in [-0.39, 0.29) is 17.9 Å². The number of aryl methyl sites for hydroxylation is 1. The number of nitrogens with one attached hydrogen (secondary N) is 2. The van der Waals surface area contributed by atoms with Crippen molar-refractivity contribution < 1.29 is 14.7 Å². The lowest BCUT2D eigenvalue weighted by atomic mass is 10.1. The quantitative estimate of drug-likeness (QED) is 0.810. The van der Waals surface area contributed by atoms with Crippen LogP contribution in [0.25, 0.3) is 0 Å². The molecule has 1 saturated carbocycles. The molecule has 0 radical (unpaired) electrons. The van der Waals surface area contributed by atoms with Gasteiger partial charge in [-0.3, -0.25) is 4.79 Å². The summed E-state index contributed by atoms with van der Waals surface area (Å²) < 4.78 is 0. The van der Waals surface area contributed by atoms with Gasteiger partial charge in [-0.15, -0.1) is 0 Å². The molecule has 2 amide bonds. The third-order valence-electron chi connectivity index (χ3n) is 4.01. The average molecular weight is 310 g/mol. The zero-order chi connectivity index (χ0) is 16.4. The number of hydrogen-bond donors (Lipinski definition) is 3. The molecule has 1 aliphatic rings. The van der Waals surface area contributed by atoms with Gasteiger partial charge in [0, 0.05) is 23.2 Å². The van der Waals surface area contributed by atoms with Crippen molar-refractivity contribution in [1.29, 1.82) is 0 Å². The first kappa shape index (κ1) is 15.1. The van der Waals surface area contributed by atoms with Crippen molar-refractivity contribution in [1.82, 2.24) is 5.32 Å². The van der Waals surface area contributed by atoms with E-state index in [1.54, 1.807) is 12.1 Å². The maximum absolute atomic E-state index is 12.1. The van der Waals surface area contributed by atoms with Crippen LogP contribution in [0.3, 0.4) is 0 Å². The topological polar surface area (TPSA) is 78.4 Å². The van der Waals surface area contributed by atoms with Gasteiger partial charge in [0.25, 0.3) is 5.91 Å². The van der Waals surface area contributed by atoms with E-state index in [1.165, 1.54) is 0 Å². The molecule has 0 unspecified atom stereocenters. The van der Waals surface area contributed by atoms with Gasteiger partial charge in [-0.2, -0.15) is 0 Å². The van der Waals surface area contributed by atoms with Crippen LogP contribution in [0, 0.1) is 6.92 Å². The monoisotopic (exact) mass is 310 g/mol. The summed E-state index contributed by atoms with van der Waals surface area (Å²) in [4.78, 5) is 22.7. The Morgan fingerprint density at radius 3 is 2.30 bits per heavy atom. The van der Waals surface area contributed by atoms with E-state index in [0.29, 0.717) is 5.56 Å². The van der Waals surface area contributed by atoms with E-state index in [2.05, 4.69) is 10.6 Å². The second-order valence-electron chi connectivity index (χ2n) is 5.84.